The molecular weight excluding hydrogens is 444 g/mol. The SMILES string of the molecule is COC(=O)c1ccc(CCCCn2cc(-c3ccc(Cn4cc(C)c(N)nc4=O)cc3)nn2)cc1. The van der Waals surface area contributed by atoms with Gasteiger partial charge in [-0.25, -0.2) is 9.59 Å². The van der Waals surface area contributed by atoms with Gasteiger partial charge in [0.1, 0.15) is 11.5 Å². The predicted octanol–water partition coefficient (Wildman–Crippen LogP) is 3.25. The second-order valence-electron chi connectivity index (χ2n) is 8.43. The first kappa shape index (κ1) is 23.9. The van der Waals surface area contributed by atoms with Crippen molar-refractivity contribution in [2.75, 3.05) is 12.8 Å². The summed E-state index contributed by atoms with van der Waals surface area (Å²) in [6.45, 7) is 3.03. The maximum atomic E-state index is 12.1. The smallest absolute Gasteiger partial charge is 0.349 e. The summed E-state index contributed by atoms with van der Waals surface area (Å²) >= 11 is 0. The minimum atomic E-state index is -0.363. The van der Waals surface area contributed by atoms with Crippen molar-refractivity contribution >= 4 is 11.8 Å². The number of aryl methyl sites for hydroxylation is 3. The molecule has 0 atom stereocenters. The van der Waals surface area contributed by atoms with Gasteiger partial charge in [-0.2, -0.15) is 4.98 Å². The molecule has 0 saturated carbocycles. The number of hydrogen-bond acceptors (Lipinski definition) is 7. The summed E-state index contributed by atoms with van der Waals surface area (Å²) in [5, 5.41) is 8.54. The van der Waals surface area contributed by atoms with Crippen LogP contribution < -0.4 is 11.4 Å². The number of benzene rings is 2. The summed E-state index contributed by atoms with van der Waals surface area (Å²) in [6.07, 6.45) is 6.56. The molecule has 2 aromatic carbocycles. The topological polar surface area (TPSA) is 118 Å². The number of nitrogens with zero attached hydrogens (tertiary/aromatic N) is 5. The number of nitrogen functional groups attached to an aromatic ring is 1. The molecule has 0 aliphatic heterocycles. The number of aromatic nitrogens is 5. The zero-order valence-corrected chi connectivity index (χ0v) is 19.8. The molecule has 0 fully saturated rings. The summed E-state index contributed by atoms with van der Waals surface area (Å²) in [4.78, 5) is 27.4. The van der Waals surface area contributed by atoms with Gasteiger partial charge >= 0.3 is 11.7 Å². The molecule has 2 aromatic heterocycles. The summed E-state index contributed by atoms with van der Waals surface area (Å²) in [7, 11) is 1.38. The Morgan fingerprint density at radius 2 is 1.71 bits per heavy atom. The Morgan fingerprint density at radius 1 is 1.00 bits per heavy atom. The standard InChI is InChI=1S/C26H28N6O3/c1-18-15-31(26(34)28-24(18)27)16-20-8-10-21(11-9-20)23-17-32(30-29-23)14-4-3-5-19-6-12-22(13-7-19)25(33)35-2/h6-13,15,17H,3-5,14,16H2,1-2H3,(H2,27,28,34). The summed E-state index contributed by atoms with van der Waals surface area (Å²) in [6, 6.07) is 15.4. The second kappa shape index (κ2) is 10.8. The van der Waals surface area contributed by atoms with Crippen molar-refractivity contribution in [3.8, 4) is 11.3 Å². The summed E-state index contributed by atoms with van der Waals surface area (Å²) in [5.41, 5.74) is 10.6. The first-order valence-corrected chi connectivity index (χ1v) is 11.4. The van der Waals surface area contributed by atoms with Crippen LogP contribution in [-0.4, -0.2) is 37.6 Å². The number of methoxy groups -OCH3 is 1. The van der Waals surface area contributed by atoms with Crippen LogP contribution in [0.15, 0.2) is 65.7 Å². The van der Waals surface area contributed by atoms with Gasteiger partial charge in [0.15, 0.2) is 0 Å². The summed E-state index contributed by atoms with van der Waals surface area (Å²) < 4.78 is 8.13. The van der Waals surface area contributed by atoms with E-state index >= 15 is 0 Å². The Morgan fingerprint density at radius 3 is 2.43 bits per heavy atom. The Balaban J connectivity index is 1.29. The number of carbonyl (C=O) groups is 1. The molecule has 4 rings (SSSR count). The zero-order valence-electron chi connectivity index (χ0n) is 19.8. The minimum absolute atomic E-state index is 0.263. The fraction of sp³-hybridized carbons (Fsp3) is 0.269. The molecule has 0 aliphatic carbocycles. The largest absolute Gasteiger partial charge is 0.465 e. The number of esters is 1. The molecule has 0 bridgehead atoms. The number of rotatable bonds is 9. The van der Waals surface area contributed by atoms with Crippen molar-refractivity contribution in [2.45, 2.75) is 39.3 Å². The third kappa shape index (κ3) is 6.00. The molecule has 0 aliphatic rings. The van der Waals surface area contributed by atoms with Crippen LogP contribution in [0.1, 0.15) is 39.9 Å². The lowest BCUT2D eigenvalue weighted by molar-refractivity contribution is 0.0600. The van der Waals surface area contributed by atoms with Gasteiger partial charge in [0, 0.05) is 23.9 Å². The van der Waals surface area contributed by atoms with Crippen LogP contribution in [0, 0.1) is 6.92 Å². The molecule has 9 heteroatoms. The Hall–Kier alpha value is -4.27. The van der Waals surface area contributed by atoms with Crippen molar-refractivity contribution in [1.29, 1.82) is 0 Å². The van der Waals surface area contributed by atoms with E-state index in [1.807, 2.05) is 54.2 Å². The number of carbonyl (C=O) groups excluding carboxylic acids is 1. The minimum Gasteiger partial charge on any atom is -0.465 e. The molecule has 0 spiro atoms. The van der Waals surface area contributed by atoms with Crippen LogP contribution in [0.5, 0.6) is 0 Å². The Bertz CT molecular complexity index is 1360. The lowest BCUT2D eigenvalue weighted by Gasteiger charge is -2.08. The van der Waals surface area contributed by atoms with Gasteiger partial charge < -0.3 is 10.5 Å². The highest BCUT2D eigenvalue weighted by atomic mass is 16.5. The average molecular weight is 473 g/mol. The van der Waals surface area contributed by atoms with Gasteiger partial charge in [-0.1, -0.05) is 41.6 Å². The van der Waals surface area contributed by atoms with Crippen LogP contribution in [0.4, 0.5) is 5.82 Å². The number of nitrogens with two attached hydrogens (primary N) is 1. The Kier molecular flexibility index (Phi) is 7.35. The maximum Gasteiger partial charge on any atom is 0.349 e. The van der Waals surface area contributed by atoms with Crippen molar-refractivity contribution in [3.05, 3.63) is 93.7 Å². The van der Waals surface area contributed by atoms with Crippen LogP contribution >= 0.6 is 0 Å². The van der Waals surface area contributed by atoms with Crippen LogP contribution in [0.2, 0.25) is 0 Å². The molecule has 0 saturated heterocycles. The first-order chi connectivity index (χ1) is 16.9. The van der Waals surface area contributed by atoms with Gasteiger partial charge in [-0.15, -0.1) is 5.10 Å². The fourth-order valence-electron chi connectivity index (χ4n) is 3.77. The lowest BCUT2D eigenvalue weighted by Crippen LogP contribution is -2.24. The van der Waals surface area contributed by atoms with Crippen molar-refractivity contribution in [3.63, 3.8) is 0 Å². The molecular formula is C26H28N6O3. The van der Waals surface area contributed by atoms with Crippen molar-refractivity contribution in [1.82, 2.24) is 24.5 Å². The van der Waals surface area contributed by atoms with E-state index in [4.69, 9.17) is 10.5 Å². The van der Waals surface area contributed by atoms with Gasteiger partial charge in [0.25, 0.3) is 0 Å². The molecule has 2 heterocycles. The molecule has 180 valence electrons. The molecule has 9 nitrogen and oxygen atoms in total. The van der Waals surface area contributed by atoms with E-state index in [1.54, 1.807) is 22.9 Å². The van der Waals surface area contributed by atoms with E-state index in [-0.39, 0.29) is 17.5 Å². The highest BCUT2D eigenvalue weighted by Gasteiger charge is 2.07. The second-order valence-corrected chi connectivity index (χ2v) is 8.43. The van der Waals surface area contributed by atoms with Crippen LogP contribution in [-0.2, 0) is 24.2 Å². The van der Waals surface area contributed by atoms with E-state index in [0.717, 1.165) is 48.2 Å². The lowest BCUT2D eigenvalue weighted by atomic mass is 10.1. The molecule has 0 radical (unpaired) electrons. The van der Waals surface area contributed by atoms with Gasteiger partial charge in [0.05, 0.1) is 25.4 Å². The van der Waals surface area contributed by atoms with Gasteiger partial charge in [0.2, 0.25) is 0 Å². The number of unbranched alkanes of at least 4 members (excludes halogenated alkanes) is 1. The number of ether oxygens (including phenoxy) is 1. The fourth-order valence-corrected chi connectivity index (χ4v) is 3.77. The predicted molar refractivity (Wildman–Crippen MR) is 133 cm³/mol. The maximum absolute atomic E-state index is 12.1. The number of anilines is 1. The van der Waals surface area contributed by atoms with Crippen LogP contribution in [0.25, 0.3) is 11.3 Å². The molecule has 4 aromatic rings. The molecule has 35 heavy (non-hydrogen) atoms. The van der Waals surface area contributed by atoms with Gasteiger partial charge in [-0.05, 0) is 49.4 Å². The monoisotopic (exact) mass is 472 g/mol. The highest BCUT2D eigenvalue weighted by molar-refractivity contribution is 5.89. The van der Waals surface area contributed by atoms with E-state index in [9.17, 15) is 9.59 Å². The quantitative estimate of drug-likeness (QED) is 0.293. The highest BCUT2D eigenvalue weighted by Crippen LogP contribution is 2.18. The first-order valence-electron chi connectivity index (χ1n) is 11.4. The zero-order chi connectivity index (χ0) is 24.8. The van der Waals surface area contributed by atoms with Crippen LogP contribution in [0.3, 0.4) is 0 Å². The number of hydrogen-bond donors (Lipinski definition) is 1. The van der Waals surface area contributed by atoms with E-state index in [2.05, 4.69) is 15.3 Å². The normalized spacial score (nSPS) is 10.9. The van der Waals surface area contributed by atoms with E-state index in [0.29, 0.717) is 12.1 Å². The third-order valence-electron chi connectivity index (χ3n) is 5.83. The van der Waals surface area contributed by atoms with E-state index in [1.165, 1.54) is 12.7 Å². The molecule has 2 N–H and O–H groups in total. The van der Waals surface area contributed by atoms with Crippen molar-refractivity contribution < 1.29 is 9.53 Å². The average Bonchev–Trinajstić information content (AvgIpc) is 3.34. The third-order valence-corrected chi connectivity index (χ3v) is 5.83. The van der Waals surface area contributed by atoms with Crippen molar-refractivity contribution in [2.24, 2.45) is 0 Å². The summed E-state index contributed by atoms with van der Waals surface area (Å²) in [5.74, 6) is -0.0585. The molecule has 0 amide bonds. The van der Waals surface area contributed by atoms with E-state index < -0.39 is 0 Å². The Labute approximate surface area is 203 Å². The van der Waals surface area contributed by atoms with Gasteiger partial charge in [-0.3, -0.25) is 9.25 Å². The molecule has 0 unspecified atom stereocenters.